The fourth-order valence-corrected chi connectivity index (χ4v) is 1.40. The van der Waals surface area contributed by atoms with Crippen LogP contribution in [0, 0.1) is 0 Å². The van der Waals surface area contributed by atoms with Crippen LogP contribution in [0.25, 0.3) is 0 Å². The summed E-state index contributed by atoms with van der Waals surface area (Å²) in [5.74, 6) is -1.06. The summed E-state index contributed by atoms with van der Waals surface area (Å²) >= 11 is 0. The van der Waals surface area contributed by atoms with Crippen LogP contribution in [-0.2, 0) is 9.47 Å². The van der Waals surface area contributed by atoms with Gasteiger partial charge >= 0.3 is 0 Å². The molecule has 1 rings (SSSR count). The zero-order chi connectivity index (χ0) is 9.62. The highest BCUT2D eigenvalue weighted by atomic mass is 19.1. The van der Waals surface area contributed by atoms with Crippen molar-refractivity contribution in [3.8, 4) is 0 Å². The monoisotopic (exact) mass is 176 g/mol. The van der Waals surface area contributed by atoms with Gasteiger partial charge in [0.05, 0.1) is 11.2 Å². The normalized spacial score (nSPS) is 30.5. The lowest BCUT2D eigenvalue weighted by molar-refractivity contribution is -0.187. The number of rotatable bonds is 1. The van der Waals surface area contributed by atoms with E-state index in [1.807, 2.05) is 27.7 Å². The summed E-state index contributed by atoms with van der Waals surface area (Å²) in [7, 11) is 0. The molecule has 12 heavy (non-hydrogen) atoms. The molecule has 0 atom stereocenters. The Bertz CT molecular complexity index is 171. The maximum absolute atomic E-state index is 12.5. The van der Waals surface area contributed by atoms with E-state index in [1.54, 1.807) is 6.92 Å². The lowest BCUT2D eigenvalue weighted by Crippen LogP contribution is -2.41. The highest BCUT2D eigenvalue weighted by molar-refractivity contribution is 4.97. The Hall–Kier alpha value is -0.150. The predicted octanol–water partition coefficient (Wildman–Crippen LogP) is 2.28. The first-order chi connectivity index (χ1) is 5.22. The largest absolute Gasteiger partial charge is 0.339 e. The Balaban J connectivity index is 2.88. The molecular weight excluding hydrogens is 159 g/mol. The van der Waals surface area contributed by atoms with E-state index in [0.29, 0.717) is 0 Å². The Morgan fingerprint density at radius 3 is 1.42 bits per heavy atom. The quantitative estimate of drug-likeness (QED) is 0.610. The summed E-state index contributed by atoms with van der Waals surface area (Å²) in [6, 6.07) is 0. The van der Waals surface area contributed by atoms with Gasteiger partial charge in [0.2, 0.25) is 0 Å². The summed E-state index contributed by atoms with van der Waals surface area (Å²) < 4.78 is 23.5. The van der Waals surface area contributed by atoms with Gasteiger partial charge in [0.15, 0.2) is 5.79 Å². The average molecular weight is 176 g/mol. The summed E-state index contributed by atoms with van der Waals surface area (Å²) in [6.45, 7) is 8.66. The molecule has 0 amide bonds. The van der Waals surface area contributed by atoms with E-state index in [-0.39, 0.29) is 0 Å². The Morgan fingerprint density at radius 1 is 0.917 bits per heavy atom. The van der Waals surface area contributed by atoms with Crippen molar-refractivity contribution in [2.24, 2.45) is 0 Å². The molecule has 1 aliphatic heterocycles. The summed E-state index contributed by atoms with van der Waals surface area (Å²) in [4.78, 5) is 0. The molecule has 1 aliphatic rings. The number of hydrogen-bond acceptors (Lipinski definition) is 2. The van der Waals surface area contributed by atoms with Crippen LogP contribution in [0.15, 0.2) is 0 Å². The standard InChI is InChI=1S/C9H17FO2/c1-7(2)8(3,4)12-9(5,6-10)11-7/h6H2,1-5H3. The molecule has 72 valence electrons. The van der Waals surface area contributed by atoms with Gasteiger partial charge in [-0.25, -0.2) is 4.39 Å². The molecule has 0 radical (unpaired) electrons. The van der Waals surface area contributed by atoms with E-state index in [2.05, 4.69) is 0 Å². The molecule has 0 aromatic rings. The maximum Gasteiger partial charge on any atom is 0.195 e. The van der Waals surface area contributed by atoms with Crippen molar-refractivity contribution in [2.75, 3.05) is 6.67 Å². The first-order valence-corrected chi connectivity index (χ1v) is 4.19. The Labute approximate surface area is 73.0 Å². The van der Waals surface area contributed by atoms with Crippen LogP contribution in [0.2, 0.25) is 0 Å². The minimum atomic E-state index is -1.06. The molecule has 2 nitrogen and oxygen atoms in total. The fourth-order valence-electron chi connectivity index (χ4n) is 1.40. The second-order valence-corrected chi connectivity index (χ2v) is 4.49. The minimum Gasteiger partial charge on any atom is -0.339 e. The number of ether oxygens (including phenoxy) is 2. The van der Waals surface area contributed by atoms with Crippen molar-refractivity contribution < 1.29 is 13.9 Å². The molecule has 1 fully saturated rings. The van der Waals surface area contributed by atoms with Crippen molar-refractivity contribution in [1.82, 2.24) is 0 Å². The minimum absolute atomic E-state index is 0.437. The molecule has 0 aliphatic carbocycles. The summed E-state index contributed by atoms with van der Waals surface area (Å²) in [6.07, 6.45) is 0. The van der Waals surface area contributed by atoms with E-state index in [1.165, 1.54) is 0 Å². The third-order valence-corrected chi connectivity index (χ3v) is 2.63. The molecule has 0 N–H and O–H groups in total. The molecule has 0 bridgehead atoms. The van der Waals surface area contributed by atoms with E-state index in [0.717, 1.165) is 0 Å². The highest BCUT2D eigenvalue weighted by Crippen LogP contribution is 2.43. The van der Waals surface area contributed by atoms with Crippen molar-refractivity contribution >= 4 is 0 Å². The van der Waals surface area contributed by atoms with Crippen LogP contribution in [-0.4, -0.2) is 23.7 Å². The van der Waals surface area contributed by atoms with Crippen molar-refractivity contribution in [2.45, 2.75) is 51.6 Å². The molecule has 3 heteroatoms. The van der Waals surface area contributed by atoms with E-state index in [9.17, 15) is 4.39 Å². The molecule has 0 aromatic carbocycles. The smallest absolute Gasteiger partial charge is 0.195 e. The van der Waals surface area contributed by atoms with Crippen LogP contribution >= 0.6 is 0 Å². The molecule has 0 saturated carbocycles. The van der Waals surface area contributed by atoms with Gasteiger partial charge in [-0.15, -0.1) is 0 Å². The van der Waals surface area contributed by atoms with Crippen molar-refractivity contribution in [1.29, 1.82) is 0 Å². The van der Waals surface area contributed by atoms with Crippen LogP contribution in [0.4, 0.5) is 4.39 Å². The van der Waals surface area contributed by atoms with Gasteiger partial charge in [-0.05, 0) is 34.6 Å². The highest BCUT2D eigenvalue weighted by Gasteiger charge is 2.54. The van der Waals surface area contributed by atoms with Gasteiger partial charge < -0.3 is 9.47 Å². The topological polar surface area (TPSA) is 18.5 Å². The molecular formula is C9H17FO2. The number of hydrogen-bond donors (Lipinski definition) is 0. The van der Waals surface area contributed by atoms with E-state index in [4.69, 9.17) is 9.47 Å². The van der Waals surface area contributed by atoms with Crippen LogP contribution in [0.1, 0.15) is 34.6 Å². The molecule has 0 spiro atoms. The third kappa shape index (κ3) is 1.36. The first-order valence-electron chi connectivity index (χ1n) is 4.19. The van der Waals surface area contributed by atoms with Crippen molar-refractivity contribution in [3.63, 3.8) is 0 Å². The van der Waals surface area contributed by atoms with Crippen LogP contribution < -0.4 is 0 Å². The molecule has 0 aromatic heterocycles. The van der Waals surface area contributed by atoms with E-state index >= 15 is 0 Å². The Morgan fingerprint density at radius 2 is 1.25 bits per heavy atom. The fraction of sp³-hybridized carbons (Fsp3) is 1.00. The third-order valence-electron chi connectivity index (χ3n) is 2.63. The van der Waals surface area contributed by atoms with Gasteiger partial charge in [0, 0.05) is 0 Å². The number of alkyl halides is 1. The van der Waals surface area contributed by atoms with Gasteiger partial charge in [-0.1, -0.05) is 0 Å². The van der Waals surface area contributed by atoms with Crippen molar-refractivity contribution in [3.05, 3.63) is 0 Å². The predicted molar refractivity (Wildman–Crippen MR) is 44.7 cm³/mol. The zero-order valence-electron chi connectivity index (χ0n) is 8.40. The van der Waals surface area contributed by atoms with Gasteiger partial charge in [0.1, 0.15) is 6.67 Å². The van der Waals surface area contributed by atoms with Gasteiger partial charge in [0.25, 0.3) is 0 Å². The number of halogens is 1. The van der Waals surface area contributed by atoms with Crippen LogP contribution in [0.3, 0.4) is 0 Å². The summed E-state index contributed by atoms with van der Waals surface area (Å²) in [5, 5.41) is 0. The molecule has 1 heterocycles. The van der Waals surface area contributed by atoms with Gasteiger partial charge in [-0.2, -0.15) is 0 Å². The lowest BCUT2D eigenvalue weighted by Gasteiger charge is -2.30. The summed E-state index contributed by atoms with van der Waals surface area (Å²) in [5.41, 5.74) is -0.873. The average Bonchev–Trinajstić information content (AvgIpc) is 1.99. The lowest BCUT2D eigenvalue weighted by atomic mass is 9.90. The zero-order valence-corrected chi connectivity index (χ0v) is 8.40. The van der Waals surface area contributed by atoms with Crippen LogP contribution in [0.5, 0.6) is 0 Å². The Kier molecular flexibility index (Phi) is 2.00. The van der Waals surface area contributed by atoms with E-state index < -0.39 is 23.7 Å². The SMILES string of the molecule is CC1(CF)OC(C)(C)C(C)(C)O1. The molecule has 0 unspecified atom stereocenters. The second kappa shape index (κ2) is 2.42. The maximum atomic E-state index is 12.5. The first kappa shape index (κ1) is 9.93. The van der Waals surface area contributed by atoms with Gasteiger partial charge in [-0.3, -0.25) is 0 Å². The molecule has 1 saturated heterocycles. The second-order valence-electron chi connectivity index (χ2n) is 4.49.